The lowest BCUT2D eigenvalue weighted by Crippen LogP contribution is -2.28. The first-order chi connectivity index (χ1) is 13.9. The molecule has 1 aliphatic rings. The Labute approximate surface area is 172 Å². The summed E-state index contributed by atoms with van der Waals surface area (Å²) >= 11 is 0. The summed E-state index contributed by atoms with van der Waals surface area (Å²) in [6, 6.07) is 11.7. The number of nitrogens with zero attached hydrogens (tertiary/aromatic N) is 1. The highest BCUT2D eigenvalue weighted by Gasteiger charge is 2.28. The fraction of sp³-hybridized carbons (Fsp3) is 0.381. The molecule has 3 rings (SSSR count). The van der Waals surface area contributed by atoms with Gasteiger partial charge in [0.15, 0.2) is 0 Å². The van der Waals surface area contributed by atoms with Crippen LogP contribution in [0.3, 0.4) is 0 Å². The zero-order valence-corrected chi connectivity index (χ0v) is 17.6. The average Bonchev–Trinajstić information content (AvgIpc) is 3.28. The van der Waals surface area contributed by atoms with Crippen LogP contribution in [-0.2, 0) is 10.0 Å². The number of rotatable bonds is 8. The van der Waals surface area contributed by atoms with Crippen LogP contribution in [0.1, 0.15) is 36.5 Å². The summed E-state index contributed by atoms with van der Waals surface area (Å²) in [6.45, 7) is 3.74. The maximum atomic E-state index is 13.0. The molecule has 0 unspecified atom stereocenters. The van der Waals surface area contributed by atoms with Crippen LogP contribution in [-0.4, -0.2) is 45.4 Å². The molecule has 2 N–H and O–H groups in total. The summed E-state index contributed by atoms with van der Waals surface area (Å²) < 4.78 is 32.7. The predicted molar refractivity (Wildman–Crippen MR) is 114 cm³/mol. The van der Waals surface area contributed by atoms with Crippen molar-refractivity contribution in [3.05, 3.63) is 48.0 Å². The molecule has 2 aromatic carbocycles. The molecule has 8 heteroatoms. The van der Waals surface area contributed by atoms with Gasteiger partial charge in [0, 0.05) is 42.6 Å². The van der Waals surface area contributed by atoms with Gasteiger partial charge in [-0.05, 0) is 49.6 Å². The molecular weight excluding hydrogens is 390 g/mol. The van der Waals surface area contributed by atoms with Crippen LogP contribution in [0, 0.1) is 0 Å². The molecule has 29 heavy (non-hydrogen) atoms. The van der Waals surface area contributed by atoms with Crippen LogP contribution in [0.5, 0.6) is 5.75 Å². The number of hydrogen-bond donors (Lipinski definition) is 2. The lowest BCUT2D eigenvalue weighted by molar-refractivity contribution is 0.102. The third kappa shape index (κ3) is 5.07. The smallest absolute Gasteiger partial charge is 0.255 e. The van der Waals surface area contributed by atoms with Gasteiger partial charge in [-0.15, -0.1) is 0 Å². The molecule has 0 aliphatic carbocycles. The zero-order chi connectivity index (χ0) is 20.9. The van der Waals surface area contributed by atoms with Gasteiger partial charge in [0.2, 0.25) is 10.0 Å². The second-order valence-electron chi connectivity index (χ2n) is 6.97. The second-order valence-corrected chi connectivity index (χ2v) is 8.91. The van der Waals surface area contributed by atoms with Gasteiger partial charge < -0.3 is 15.4 Å². The van der Waals surface area contributed by atoms with E-state index in [1.165, 1.54) is 10.4 Å². The lowest BCUT2D eigenvalue weighted by Gasteiger charge is -2.18. The van der Waals surface area contributed by atoms with Crippen LogP contribution >= 0.6 is 0 Å². The van der Waals surface area contributed by atoms with Crippen molar-refractivity contribution < 1.29 is 17.9 Å². The topological polar surface area (TPSA) is 87.7 Å². The van der Waals surface area contributed by atoms with E-state index < -0.39 is 10.0 Å². The van der Waals surface area contributed by atoms with E-state index in [4.69, 9.17) is 4.74 Å². The van der Waals surface area contributed by atoms with Gasteiger partial charge in [0.1, 0.15) is 5.75 Å². The minimum absolute atomic E-state index is 0.135. The van der Waals surface area contributed by atoms with Gasteiger partial charge in [-0.2, -0.15) is 4.31 Å². The number of sulfonamides is 1. The molecule has 1 saturated heterocycles. The number of amides is 1. The van der Waals surface area contributed by atoms with E-state index in [2.05, 4.69) is 10.6 Å². The highest BCUT2D eigenvalue weighted by Crippen LogP contribution is 2.26. The first-order valence-electron chi connectivity index (χ1n) is 9.78. The number of anilines is 2. The SMILES string of the molecule is CCCNc1cc(C(=O)Nc2cccc(OC)c2)cc(S(=O)(=O)N2CCCC2)c1. The highest BCUT2D eigenvalue weighted by atomic mass is 32.2. The van der Waals surface area contributed by atoms with Crippen LogP contribution in [0.4, 0.5) is 11.4 Å². The lowest BCUT2D eigenvalue weighted by atomic mass is 10.1. The van der Waals surface area contributed by atoms with Crippen molar-refractivity contribution in [1.82, 2.24) is 4.31 Å². The maximum absolute atomic E-state index is 13.0. The third-order valence-electron chi connectivity index (χ3n) is 4.78. The fourth-order valence-corrected chi connectivity index (χ4v) is 4.82. The number of methoxy groups -OCH3 is 1. The van der Waals surface area contributed by atoms with Gasteiger partial charge in [-0.3, -0.25) is 4.79 Å². The Morgan fingerprint density at radius 1 is 1.10 bits per heavy atom. The molecule has 7 nitrogen and oxygen atoms in total. The number of hydrogen-bond acceptors (Lipinski definition) is 5. The van der Waals surface area contributed by atoms with Gasteiger partial charge in [0.05, 0.1) is 12.0 Å². The summed E-state index contributed by atoms with van der Waals surface area (Å²) in [4.78, 5) is 13.0. The molecule has 1 aliphatic heterocycles. The Bertz CT molecular complexity index is 970. The van der Waals surface area contributed by atoms with Crippen LogP contribution < -0.4 is 15.4 Å². The normalized spacial score (nSPS) is 14.6. The van der Waals surface area contributed by atoms with E-state index in [1.54, 1.807) is 43.5 Å². The molecule has 0 spiro atoms. The predicted octanol–water partition coefficient (Wildman–Crippen LogP) is 3.55. The van der Waals surface area contributed by atoms with E-state index in [9.17, 15) is 13.2 Å². The van der Waals surface area contributed by atoms with Crippen molar-refractivity contribution in [3.8, 4) is 5.75 Å². The Kier molecular flexibility index (Phi) is 6.76. The van der Waals surface area contributed by atoms with Crippen molar-refractivity contribution in [2.24, 2.45) is 0 Å². The van der Waals surface area contributed by atoms with Gasteiger partial charge >= 0.3 is 0 Å². The molecule has 0 bridgehead atoms. The number of nitrogens with one attached hydrogen (secondary N) is 2. The monoisotopic (exact) mass is 417 g/mol. The van der Waals surface area contributed by atoms with E-state index in [0.717, 1.165) is 19.3 Å². The van der Waals surface area contributed by atoms with Gasteiger partial charge in [0.25, 0.3) is 5.91 Å². The van der Waals surface area contributed by atoms with Crippen molar-refractivity contribution in [2.75, 3.05) is 37.4 Å². The minimum Gasteiger partial charge on any atom is -0.497 e. The first kappa shape index (κ1) is 21.1. The van der Waals surface area contributed by atoms with Crippen molar-refractivity contribution in [2.45, 2.75) is 31.1 Å². The fourth-order valence-electron chi connectivity index (χ4n) is 3.23. The molecular formula is C21H27N3O4S. The molecule has 1 fully saturated rings. The Morgan fingerprint density at radius 3 is 2.55 bits per heavy atom. The zero-order valence-electron chi connectivity index (χ0n) is 16.8. The molecule has 2 aromatic rings. The molecule has 0 aromatic heterocycles. The van der Waals surface area contributed by atoms with Gasteiger partial charge in [-0.25, -0.2) is 8.42 Å². The van der Waals surface area contributed by atoms with Crippen LogP contribution in [0.15, 0.2) is 47.4 Å². The number of benzene rings is 2. The molecule has 156 valence electrons. The molecule has 0 radical (unpaired) electrons. The average molecular weight is 418 g/mol. The summed E-state index contributed by atoms with van der Waals surface area (Å²) in [5.74, 6) is 0.245. The minimum atomic E-state index is -3.63. The van der Waals surface area contributed by atoms with Crippen LogP contribution in [0.2, 0.25) is 0 Å². The number of carbonyl (C=O) groups excluding carboxylic acids is 1. The van der Waals surface area contributed by atoms with E-state index in [1.807, 2.05) is 6.92 Å². The Morgan fingerprint density at radius 2 is 1.86 bits per heavy atom. The van der Waals surface area contributed by atoms with Crippen molar-refractivity contribution in [1.29, 1.82) is 0 Å². The summed E-state index contributed by atoms with van der Waals surface area (Å²) in [7, 11) is -2.08. The highest BCUT2D eigenvalue weighted by molar-refractivity contribution is 7.89. The summed E-state index contributed by atoms with van der Waals surface area (Å²) in [5.41, 5.74) is 1.47. The standard InChI is InChI=1S/C21H27N3O4S/c1-3-9-22-18-12-16(21(25)23-17-7-6-8-19(14-17)28-2)13-20(15-18)29(26,27)24-10-4-5-11-24/h6-8,12-15,22H,3-5,9-11H2,1-2H3,(H,23,25). The van der Waals surface area contributed by atoms with E-state index in [-0.39, 0.29) is 16.4 Å². The van der Waals surface area contributed by atoms with Crippen LogP contribution in [0.25, 0.3) is 0 Å². The molecule has 1 amide bonds. The number of ether oxygens (including phenoxy) is 1. The number of carbonyl (C=O) groups is 1. The van der Waals surface area contributed by atoms with Crippen molar-refractivity contribution >= 4 is 27.3 Å². The largest absolute Gasteiger partial charge is 0.497 e. The summed E-state index contributed by atoms with van der Waals surface area (Å²) in [5, 5.41) is 6.00. The molecule has 0 saturated carbocycles. The van der Waals surface area contributed by atoms with E-state index >= 15 is 0 Å². The quantitative estimate of drug-likeness (QED) is 0.686. The van der Waals surface area contributed by atoms with Crippen molar-refractivity contribution in [3.63, 3.8) is 0 Å². The Balaban J connectivity index is 1.92. The Hall–Kier alpha value is -2.58. The van der Waals surface area contributed by atoms with E-state index in [0.29, 0.717) is 36.8 Å². The molecule has 1 heterocycles. The summed E-state index contributed by atoms with van der Waals surface area (Å²) in [6.07, 6.45) is 2.60. The van der Waals surface area contributed by atoms with Gasteiger partial charge in [-0.1, -0.05) is 13.0 Å². The molecule has 0 atom stereocenters. The third-order valence-corrected chi connectivity index (χ3v) is 6.65. The second kappa shape index (κ2) is 9.28. The maximum Gasteiger partial charge on any atom is 0.255 e. The first-order valence-corrected chi connectivity index (χ1v) is 11.2.